The molecule has 0 aliphatic carbocycles. The highest BCUT2D eigenvalue weighted by Crippen LogP contribution is 2.21. The van der Waals surface area contributed by atoms with Gasteiger partial charge in [0.2, 0.25) is 0 Å². The van der Waals surface area contributed by atoms with Crippen LogP contribution in [0.3, 0.4) is 0 Å². The van der Waals surface area contributed by atoms with Gasteiger partial charge in [-0.15, -0.1) is 0 Å². The number of fused-ring (bicyclic) bond motifs is 1. The standard InChI is InChI=1S/C16H21N3O2/c1-19(2)6-5-12-9-17-15-4-3-11(8-14(12)15)7-13-10-21-16(20)18-13/h3-4,8-9,13,17H,5-7,10H2,1-2H3,(H,18,20)/t13-/m0/s1/i3D,4D,5D2,6D2,7D2,8D,9D/hD2. The Morgan fingerprint density at radius 1 is 1.57 bits per heavy atom. The third-order valence-corrected chi connectivity index (χ3v) is 2.66. The molecule has 0 saturated carbocycles. The number of amides is 1. The maximum Gasteiger partial charge on any atom is 0.407 e. The van der Waals surface area contributed by atoms with Gasteiger partial charge in [-0.25, -0.2) is 4.79 Å². The van der Waals surface area contributed by atoms with Crippen molar-refractivity contribution in [1.82, 2.24) is 15.2 Å². The van der Waals surface area contributed by atoms with Crippen LogP contribution in [0.1, 0.15) is 24.8 Å². The van der Waals surface area contributed by atoms with Gasteiger partial charge in [0.15, 0.2) is 2.82 Å². The number of cyclic esters (lactones) is 1. The molecule has 1 aromatic carbocycles. The van der Waals surface area contributed by atoms with Crippen LogP contribution in [0.4, 0.5) is 4.79 Å². The molecule has 1 amide bonds. The van der Waals surface area contributed by atoms with Crippen molar-refractivity contribution in [1.29, 1.82) is 0 Å². The summed E-state index contributed by atoms with van der Waals surface area (Å²) >= 11 is 0. The second-order valence-electron chi connectivity index (χ2n) is 4.57. The van der Waals surface area contributed by atoms with E-state index in [9.17, 15) is 4.79 Å². The number of carbonyl (C=O) groups excluding carboxylic acids is 1. The number of likely N-dealkylation sites (N-methyl/N-ethyl adjacent to an activating group) is 1. The molecule has 21 heavy (non-hydrogen) atoms. The molecule has 2 aromatic rings. The number of alkyl carbamates (subject to hydrolysis) is 1. The number of hydrogen-bond donors (Lipinski definition) is 2. The Hall–Kier alpha value is -2.01. The molecule has 2 heterocycles. The van der Waals surface area contributed by atoms with Crippen molar-refractivity contribution >= 4 is 17.0 Å². The first kappa shape index (κ1) is 5.65. The minimum atomic E-state index is -3.00. The second kappa shape index (κ2) is 5.77. The molecule has 0 radical (unpaired) electrons. The summed E-state index contributed by atoms with van der Waals surface area (Å²) < 4.78 is 104. The summed E-state index contributed by atoms with van der Waals surface area (Å²) in [5.74, 6) is 0. The van der Waals surface area contributed by atoms with Crippen molar-refractivity contribution < 1.29 is 26.1 Å². The lowest BCUT2D eigenvalue weighted by Crippen LogP contribution is -2.28. The van der Waals surface area contributed by atoms with Gasteiger partial charge >= 0.3 is 6.09 Å². The molecule has 5 nitrogen and oxygen atoms in total. The van der Waals surface area contributed by atoms with Crippen molar-refractivity contribution in [2.75, 3.05) is 27.2 Å². The van der Waals surface area contributed by atoms with Crippen LogP contribution in [0.5, 0.6) is 0 Å². The largest absolute Gasteiger partial charge is 0.447 e. The normalized spacial score (nSPS) is 29.0. The first-order valence-electron chi connectivity index (χ1n) is 12.1. The molecule has 1 aromatic heterocycles. The number of H-pyrrole nitrogens is 1. The van der Waals surface area contributed by atoms with Crippen LogP contribution in [0.2, 0.25) is 2.82 Å². The maximum absolute atomic E-state index is 11.6. The van der Waals surface area contributed by atoms with E-state index in [1.807, 2.05) is 0 Å². The predicted octanol–water partition coefficient (Wildman–Crippen LogP) is 1.92. The molecular weight excluding hydrogens is 266 g/mol. The van der Waals surface area contributed by atoms with E-state index in [-0.39, 0.29) is 5.31 Å². The highest BCUT2D eigenvalue weighted by Gasteiger charge is 2.22. The van der Waals surface area contributed by atoms with E-state index >= 15 is 0 Å². The highest BCUT2D eigenvalue weighted by molar-refractivity contribution is 5.84. The summed E-state index contributed by atoms with van der Waals surface area (Å²) in [4.78, 5) is 12.8. The lowest BCUT2D eigenvalue weighted by molar-refractivity contribution is 0.177. The zero-order chi connectivity index (χ0) is 25.4. The molecule has 2 N–H and O–H groups in total. The van der Waals surface area contributed by atoms with Gasteiger partial charge < -0.3 is 19.9 Å². The van der Waals surface area contributed by atoms with Crippen molar-refractivity contribution in [3.8, 4) is 0 Å². The summed E-state index contributed by atoms with van der Waals surface area (Å²) in [5.41, 5.74) is -2.03. The topological polar surface area (TPSA) is 57.4 Å². The molecule has 0 bridgehead atoms. The fraction of sp³-hybridized carbons (Fsp3) is 0.438. The van der Waals surface area contributed by atoms with Gasteiger partial charge in [-0.05, 0) is 50.1 Å². The van der Waals surface area contributed by atoms with Gasteiger partial charge in [-0.1, -0.05) is 6.04 Å². The van der Waals surface area contributed by atoms with Gasteiger partial charge in [0.1, 0.15) is 6.61 Å². The van der Waals surface area contributed by atoms with Gasteiger partial charge in [0.05, 0.1) is 11.5 Å². The first-order valence-corrected chi connectivity index (χ1v) is 6.19. The average Bonchev–Trinajstić information content (AvgIpc) is 3.17. The number of rotatable bonds is 5. The Bertz CT molecular complexity index is 1150. The van der Waals surface area contributed by atoms with Crippen LogP contribution in [-0.2, 0) is 17.5 Å². The van der Waals surface area contributed by atoms with Gasteiger partial charge in [-0.2, -0.15) is 0 Å². The van der Waals surface area contributed by atoms with Gasteiger partial charge in [0, 0.05) is 31.8 Å². The summed E-state index contributed by atoms with van der Waals surface area (Å²) in [7, 11) is 2.51. The number of aromatic amines is 1. The monoisotopic (exact) mass is 299 g/mol. The zero-order valence-electron chi connectivity index (χ0n) is 23.4. The SMILES string of the molecule is [2H]c1c(C([2H])([2H])[C@H]2COC(=O)N2[2H])c([2H])c2c(C([2H])([2H])C([2H])([2H])N(C)C)c([2H])n([2H])c2c1[2H]. The fourth-order valence-electron chi connectivity index (χ4n) is 1.75. The molecule has 1 saturated heterocycles. The molecule has 112 valence electrons. The number of carbonyl (C=O) groups is 1. The van der Waals surface area contributed by atoms with Crippen molar-refractivity contribution in [2.45, 2.75) is 18.8 Å². The number of nitrogens with zero attached hydrogens (tertiary/aromatic N) is 1. The average molecular weight is 299 g/mol. The molecule has 0 spiro atoms. The van der Waals surface area contributed by atoms with Gasteiger partial charge in [-0.3, -0.25) is 0 Å². The Kier molecular flexibility index (Phi) is 1.55. The van der Waals surface area contributed by atoms with Crippen molar-refractivity contribution in [3.05, 3.63) is 35.4 Å². The van der Waals surface area contributed by atoms with E-state index < -0.39 is 84.3 Å². The van der Waals surface area contributed by atoms with Gasteiger partial charge in [0.25, 0.3) is 0 Å². The summed E-state index contributed by atoms with van der Waals surface area (Å²) in [6.45, 7) is -3.31. The first-order chi connectivity index (χ1) is 14.9. The molecule has 0 unspecified atom stereocenters. The van der Waals surface area contributed by atoms with E-state index in [2.05, 4.69) is 4.74 Å². The molecule has 1 atom stereocenters. The summed E-state index contributed by atoms with van der Waals surface area (Å²) in [6, 6.07) is -4.04. The van der Waals surface area contributed by atoms with Crippen LogP contribution >= 0.6 is 0 Å². The molecule has 5 heteroatoms. The number of hydrogen-bond acceptors (Lipinski definition) is 3. The molecule has 1 fully saturated rings. The minimum absolute atomic E-state index is 0.211. The lowest BCUT2D eigenvalue weighted by Gasteiger charge is -2.09. The Morgan fingerprint density at radius 2 is 2.43 bits per heavy atom. The smallest absolute Gasteiger partial charge is 0.407 e. The molecule has 1 aliphatic heterocycles. The number of aryl methyl sites for hydroxylation is 1. The van der Waals surface area contributed by atoms with E-state index in [1.54, 1.807) is 0 Å². The molecular formula is C16H21N3O2. The van der Waals surface area contributed by atoms with Crippen LogP contribution in [0.15, 0.2) is 24.3 Å². The zero-order valence-corrected chi connectivity index (χ0v) is 11.4. The molecule has 3 rings (SSSR count). The Balaban J connectivity index is 2.45. The van der Waals surface area contributed by atoms with Crippen LogP contribution in [0.25, 0.3) is 10.9 Å². The third kappa shape index (κ3) is 3.19. The number of nitrogens with one attached hydrogen (secondary N) is 2. The van der Waals surface area contributed by atoms with Crippen LogP contribution in [0, 0.1) is 0 Å². The third-order valence-electron chi connectivity index (χ3n) is 2.66. The minimum Gasteiger partial charge on any atom is -0.447 e. The number of benzene rings is 1. The summed E-state index contributed by atoms with van der Waals surface area (Å²) in [6.07, 6.45) is -7.78. The Morgan fingerprint density at radius 3 is 3.14 bits per heavy atom. The van der Waals surface area contributed by atoms with Crippen molar-refractivity contribution in [2.24, 2.45) is 0 Å². The van der Waals surface area contributed by atoms with Crippen molar-refractivity contribution in [3.63, 3.8) is 0 Å². The summed E-state index contributed by atoms with van der Waals surface area (Å²) in [5, 5.41) is -0.351. The number of aromatic nitrogens is 1. The lowest BCUT2D eigenvalue weighted by atomic mass is 10.0. The second-order valence-corrected chi connectivity index (χ2v) is 4.57. The Labute approximate surface area is 141 Å². The van der Waals surface area contributed by atoms with E-state index in [4.69, 9.17) is 16.5 Å². The quantitative estimate of drug-likeness (QED) is 0.887. The number of ether oxygens (including phenoxy) is 1. The van der Waals surface area contributed by atoms with E-state index in [1.165, 1.54) is 14.1 Å². The maximum atomic E-state index is 11.6. The highest BCUT2D eigenvalue weighted by atomic mass is 16.6. The molecule has 1 aliphatic rings. The van der Waals surface area contributed by atoms with E-state index in [0.29, 0.717) is 4.98 Å². The fourth-order valence-corrected chi connectivity index (χ4v) is 1.75. The van der Waals surface area contributed by atoms with E-state index in [0.717, 1.165) is 4.90 Å². The van der Waals surface area contributed by atoms with Crippen LogP contribution < -0.4 is 5.31 Å². The van der Waals surface area contributed by atoms with Crippen LogP contribution in [-0.4, -0.2) is 49.2 Å². The predicted molar refractivity (Wildman–Crippen MR) is 82.5 cm³/mol.